The summed E-state index contributed by atoms with van der Waals surface area (Å²) in [5.74, 6) is 0.0829. The number of sulfonamides is 1. The number of rotatable bonds is 5. The van der Waals surface area contributed by atoms with Crippen molar-refractivity contribution in [3.8, 4) is 0 Å². The number of hydrogen-bond donors (Lipinski definition) is 2. The Morgan fingerprint density at radius 2 is 2.33 bits per heavy atom. The lowest BCUT2D eigenvalue weighted by Crippen LogP contribution is -2.48. The Morgan fingerprint density at radius 1 is 1.50 bits per heavy atom. The van der Waals surface area contributed by atoms with Crippen molar-refractivity contribution in [2.45, 2.75) is 25.3 Å². The maximum absolute atomic E-state index is 12.0. The van der Waals surface area contributed by atoms with E-state index in [1.807, 2.05) is 25.1 Å². The summed E-state index contributed by atoms with van der Waals surface area (Å²) in [5, 5.41) is 3.17. The van der Waals surface area contributed by atoms with Crippen molar-refractivity contribution < 1.29 is 8.42 Å². The summed E-state index contributed by atoms with van der Waals surface area (Å²) in [6, 6.07) is 5.53. The lowest BCUT2D eigenvalue weighted by atomic mass is 10.0. The Kier molecular flexibility index (Phi) is 3.99. The van der Waals surface area contributed by atoms with E-state index in [0.717, 1.165) is 18.7 Å². The summed E-state index contributed by atoms with van der Waals surface area (Å²) in [7, 11) is -3.25. The molecular weight excluding hydrogens is 250 g/mol. The number of pyridine rings is 1. The number of hydrogen-bond acceptors (Lipinski definition) is 4. The van der Waals surface area contributed by atoms with Gasteiger partial charge in [-0.05, 0) is 32.0 Å². The minimum absolute atomic E-state index is 0.0829. The molecule has 6 heteroatoms. The molecule has 1 atom stereocenters. The maximum Gasteiger partial charge on any atom is 0.212 e. The fourth-order valence-corrected chi connectivity index (χ4v) is 3.62. The highest BCUT2D eigenvalue weighted by Crippen LogP contribution is 2.15. The van der Waals surface area contributed by atoms with Gasteiger partial charge >= 0.3 is 0 Å². The van der Waals surface area contributed by atoms with E-state index in [4.69, 9.17) is 0 Å². The first-order valence-corrected chi connectivity index (χ1v) is 7.77. The normalized spacial score (nSPS) is 24.3. The van der Waals surface area contributed by atoms with Crippen LogP contribution in [0.2, 0.25) is 0 Å². The number of nitrogens with zero attached hydrogens (tertiary/aromatic N) is 1. The third kappa shape index (κ3) is 3.76. The third-order valence-corrected chi connectivity index (χ3v) is 4.67. The first kappa shape index (κ1) is 13.5. The summed E-state index contributed by atoms with van der Waals surface area (Å²) >= 11 is 0. The van der Waals surface area contributed by atoms with E-state index in [1.165, 1.54) is 0 Å². The third-order valence-electron chi connectivity index (χ3n) is 3.12. The van der Waals surface area contributed by atoms with Crippen LogP contribution in [0.25, 0.3) is 0 Å². The van der Waals surface area contributed by atoms with Gasteiger partial charge in [-0.25, -0.2) is 13.1 Å². The Bertz CT molecular complexity index is 481. The molecule has 1 aromatic heterocycles. The van der Waals surface area contributed by atoms with Crippen molar-refractivity contribution in [2.24, 2.45) is 0 Å². The molecule has 2 N–H and O–H groups in total. The predicted octanol–water partition coefficient (Wildman–Crippen LogP) is 0.295. The summed E-state index contributed by atoms with van der Waals surface area (Å²) < 4.78 is 26.8. The fourth-order valence-electron chi connectivity index (χ4n) is 2.12. The summed E-state index contributed by atoms with van der Waals surface area (Å²) in [6.45, 7) is 3.49. The quantitative estimate of drug-likeness (QED) is 0.806. The van der Waals surface area contributed by atoms with E-state index in [9.17, 15) is 8.42 Å². The van der Waals surface area contributed by atoms with Crippen molar-refractivity contribution in [3.05, 3.63) is 30.1 Å². The van der Waals surface area contributed by atoms with Gasteiger partial charge in [-0.15, -0.1) is 0 Å². The zero-order valence-corrected chi connectivity index (χ0v) is 11.3. The van der Waals surface area contributed by atoms with Crippen molar-refractivity contribution in [1.29, 1.82) is 0 Å². The summed E-state index contributed by atoms with van der Waals surface area (Å²) in [5.41, 5.74) is 0.459. The topological polar surface area (TPSA) is 71.1 Å². The molecule has 0 bridgehead atoms. The van der Waals surface area contributed by atoms with Crippen LogP contribution in [-0.4, -0.2) is 37.8 Å². The van der Waals surface area contributed by atoms with Gasteiger partial charge in [0, 0.05) is 30.4 Å². The van der Waals surface area contributed by atoms with Crippen LogP contribution in [0.15, 0.2) is 24.4 Å². The zero-order chi connectivity index (χ0) is 13.1. The SMILES string of the molecule is CC1(NS(=O)(=O)CCc2ccccn2)CCNC1. The second-order valence-corrected chi connectivity index (χ2v) is 6.82. The molecule has 18 heavy (non-hydrogen) atoms. The lowest BCUT2D eigenvalue weighted by molar-refractivity contribution is 0.452. The molecule has 1 fully saturated rings. The molecule has 1 aliphatic rings. The van der Waals surface area contributed by atoms with Crippen LogP contribution < -0.4 is 10.0 Å². The summed E-state index contributed by atoms with van der Waals surface area (Å²) in [4.78, 5) is 4.13. The molecule has 0 aromatic carbocycles. The Hall–Kier alpha value is -0.980. The second-order valence-electron chi connectivity index (χ2n) is 4.98. The van der Waals surface area contributed by atoms with Gasteiger partial charge in [0.25, 0.3) is 0 Å². The molecule has 100 valence electrons. The molecule has 0 aliphatic carbocycles. The molecule has 1 aliphatic heterocycles. The minimum Gasteiger partial charge on any atom is -0.315 e. The van der Waals surface area contributed by atoms with Gasteiger partial charge < -0.3 is 5.32 Å². The van der Waals surface area contributed by atoms with E-state index in [1.54, 1.807) is 6.20 Å². The number of nitrogens with one attached hydrogen (secondary N) is 2. The van der Waals surface area contributed by atoms with Crippen molar-refractivity contribution in [2.75, 3.05) is 18.8 Å². The van der Waals surface area contributed by atoms with Crippen LogP contribution in [0.5, 0.6) is 0 Å². The number of aryl methyl sites for hydroxylation is 1. The van der Waals surface area contributed by atoms with Gasteiger partial charge in [-0.3, -0.25) is 4.98 Å². The van der Waals surface area contributed by atoms with E-state index in [2.05, 4.69) is 15.0 Å². The van der Waals surface area contributed by atoms with Gasteiger partial charge in [0.05, 0.1) is 5.75 Å². The first-order chi connectivity index (χ1) is 8.49. The molecule has 2 heterocycles. The lowest BCUT2D eigenvalue weighted by Gasteiger charge is -2.24. The Morgan fingerprint density at radius 3 is 2.94 bits per heavy atom. The molecule has 2 rings (SSSR count). The van der Waals surface area contributed by atoms with Gasteiger partial charge in [0.15, 0.2) is 0 Å². The molecule has 1 aromatic rings. The second kappa shape index (κ2) is 5.34. The average Bonchev–Trinajstić information content (AvgIpc) is 2.74. The van der Waals surface area contributed by atoms with E-state index in [-0.39, 0.29) is 11.3 Å². The van der Waals surface area contributed by atoms with Gasteiger partial charge in [-0.1, -0.05) is 6.07 Å². The highest BCUT2D eigenvalue weighted by atomic mass is 32.2. The van der Waals surface area contributed by atoms with Crippen LogP contribution in [0.1, 0.15) is 19.0 Å². The van der Waals surface area contributed by atoms with Gasteiger partial charge in [0.2, 0.25) is 10.0 Å². The molecular formula is C12H19N3O2S. The predicted molar refractivity (Wildman–Crippen MR) is 70.8 cm³/mol. The average molecular weight is 269 g/mol. The van der Waals surface area contributed by atoms with E-state index < -0.39 is 10.0 Å². The van der Waals surface area contributed by atoms with Crippen LogP contribution in [0, 0.1) is 0 Å². The van der Waals surface area contributed by atoms with E-state index >= 15 is 0 Å². The standard InChI is InChI=1S/C12H19N3O2S/c1-12(6-8-13-10-12)15-18(16,17)9-5-11-4-2-3-7-14-11/h2-4,7,13,15H,5-6,8-10H2,1H3. The molecule has 0 saturated carbocycles. The summed E-state index contributed by atoms with van der Waals surface area (Å²) in [6.07, 6.45) is 2.95. The van der Waals surface area contributed by atoms with Crippen molar-refractivity contribution in [3.63, 3.8) is 0 Å². The molecule has 0 amide bonds. The Labute approximate surface area is 108 Å². The zero-order valence-electron chi connectivity index (χ0n) is 10.5. The minimum atomic E-state index is -3.25. The highest BCUT2D eigenvalue weighted by Gasteiger charge is 2.32. The van der Waals surface area contributed by atoms with Crippen molar-refractivity contribution in [1.82, 2.24) is 15.0 Å². The number of aromatic nitrogens is 1. The monoisotopic (exact) mass is 269 g/mol. The van der Waals surface area contributed by atoms with Crippen LogP contribution in [0.3, 0.4) is 0 Å². The van der Waals surface area contributed by atoms with E-state index in [0.29, 0.717) is 13.0 Å². The maximum atomic E-state index is 12.0. The first-order valence-electron chi connectivity index (χ1n) is 6.11. The molecule has 1 unspecified atom stereocenters. The molecule has 0 radical (unpaired) electrons. The Balaban J connectivity index is 1.92. The molecule has 5 nitrogen and oxygen atoms in total. The van der Waals surface area contributed by atoms with Gasteiger partial charge in [-0.2, -0.15) is 0 Å². The van der Waals surface area contributed by atoms with Crippen LogP contribution in [0.4, 0.5) is 0 Å². The molecule has 1 saturated heterocycles. The van der Waals surface area contributed by atoms with Gasteiger partial charge in [0.1, 0.15) is 0 Å². The van der Waals surface area contributed by atoms with Crippen LogP contribution >= 0.6 is 0 Å². The smallest absolute Gasteiger partial charge is 0.212 e. The molecule has 0 spiro atoms. The fraction of sp³-hybridized carbons (Fsp3) is 0.583. The largest absolute Gasteiger partial charge is 0.315 e. The highest BCUT2D eigenvalue weighted by molar-refractivity contribution is 7.89. The van der Waals surface area contributed by atoms with Crippen LogP contribution in [-0.2, 0) is 16.4 Å². The van der Waals surface area contributed by atoms with Crippen molar-refractivity contribution >= 4 is 10.0 Å².